The molecule has 3 atom stereocenters. The lowest BCUT2D eigenvalue weighted by molar-refractivity contribution is -0.154. The second kappa shape index (κ2) is 6.44. The molecule has 2 aliphatic rings. The molecular weight excluding hydrogens is 254 g/mol. The Kier molecular flexibility index (Phi) is 5.08. The third-order valence-corrected chi connectivity index (χ3v) is 4.95. The monoisotopic (exact) mass is 283 g/mol. The molecule has 0 aromatic carbocycles. The van der Waals surface area contributed by atoms with Crippen LogP contribution >= 0.6 is 0 Å². The van der Waals surface area contributed by atoms with E-state index in [9.17, 15) is 4.79 Å². The van der Waals surface area contributed by atoms with E-state index >= 15 is 0 Å². The van der Waals surface area contributed by atoms with E-state index in [1.165, 1.54) is 13.5 Å². The molecule has 0 amide bonds. The molecule has 20 heavy (non-hydrogen) atoms. The SMILES string of the molecule is CNC(COC1CC(C)CC(C)C1)(C(=O)OC)C1CC1. The van der Waals surface area contributed by atoms with Crippen LogP contribution in [0, 0.1) is 17.8 Å². The van der Waals surface area contributed by atoms with Crippen molar-refractivity contribution in [3.8, 4) is 0 Å². The van der Waals surface area contributed by atoms with Gasteiger partial charge >= 0.3 is 5.97 Å². The number of ether oxygens (including phenoxy) is 2. The number of likely N-dealkylation sites (N-methyl/N-ethyl adjacent to an activating group) is 1. The van der Waals surface area contributed by atoms with Gasteiger partial charge in [0.2, 0.25) is 0 Å². The topological polar surface area (TPSA) is 47.6 Å². The van der Waals surface area contributed by atoms with Gasteiger partial charge in [-0.2, -0.15) is 0 Å². The summed E-state index contributed by atoms with van der Waals surface area (Å²) in [5.41, 5.74) is -0.640. The average Bonchev–Trinajstić information content (AvgIpc) is 3.23. The van der Waals surface area contributed by atoms with E-state index in [4.69, 9.17) is 9.47 Å². The van der Waals surface area contributed by atoms with Gasteiger partial charge in [0.15, 0.2) is 0 Å². The Bertz CT molecular complexity index is 333. The normalized spacial score (nSPS) is 33.5. The number of nitrogens with one attached hydrogen (secondary N) is 1. The van der Waals surface area contributed by atoms with Crippen molar-refractivity contribution in [2.24, 2.45) is 17.8 Å². The number of esters is 1. The smallest absolute Gasteiger partial charge is 0.328 e. The van der Waals surface area contributed by atoms with Gasteiger partial charge in [-0.1, -0.05) is 13.8 Å². The van der Waals surface area contributed by atoms with E-state index in [1.807, 2.05) is 7.05 Å². The maximum atomic E-state index is 12.2. The molecule has 0 heterocycles. The van der Waals surface area contributed by atoms with Crippen molar-refractivity contribution < 1.29 is 14.3 Å². The van der Waals surface area contributed by atoms with E-state index < -0.39 is 5.54 Å². The fourth-order valence-electron chi connectivity index (χ4n) is 3.74. The Labute approximate surface area is 122 Å². The lowest BCUT2D eigenvalue weighted by Crippen LogP contribution is -2.57. The van der Waals surface area contributed by atoms with E-state index in [-0.39, 0.29) is 12.1 Å². The number of methoxy groups -OCH3 is 1. The Hall–Kier alpha value is -0.610. The number of carbonyl (C=O) groups excluding carboxylic acids is 1. The maximum absolute atomic E-state index is 12.2. The van der Waals surface area contributed by atoms with Crippen molar-refractivity contribution in [2.45, 2.75) is 57.6 Å². The van der Waals surface area contributed by atoms with E-state index in [0.717, 1.165) is 25.7 Å². The second-order valence-electron chi connectivity index (χ2n) is 6.84. The summed E-state index contributed by atoms with van der Waals surface area (Å²) >= 11 is 0. The summed E-state index contributed by atoms with van der Waals surface area (Å²) in [7, 11) is 3.30. The molecule has 2 saturated carbocycles. The molecule has 0 saturated heterocycles. The lowest BCUT2D eigenvalue weighted by Gasteiger charge is -2.36. The molecule has 0 radical (unpaired) electrons. The van der Waals surface area contributed by atoms with Crippen LogP contribution in [0.3, 0.4) is 0 Å². The number of carbonyl (C=O) groups is 1. The summed E-state index contributed by atoms with van der Waals surface area (Å²) < 4.78 is 11.1. The van der Waals surface area contributed by atoms with Crippen LogP contribution in [0.1, 0.15) is 46.0 Å². The van der Waals surface area contributed by atoms with Crippen molar-refractivity contribution >= 4 is 5.97 Å². The fourth-order valence-corrected chi connectivity index (χ4v) is 3.74. The first kappa shape index (κ1) is 15.8. The standard InChI is InChI=1S/C16H29NO3/c1-11-7-12(2)9-14(8-11)20-10-16(17-3,13-5-6-13)15(18)19-4/h11-14,17H,5-10H2,1-4H3. The van der Waals surface area contributed by atoms with Crippen molar-refractivity contribution in [3.63, 3.8) is 0 Å². The molecule has 0 bridgehead atoms. The summed E-state index contributed by atoms with van der Waals surface area (Å²) in [5, 5.41) is 3.19. The van der Waals surface area contributed by atoms with Crippen LogP contribution in [0.2, 0.25) is 0 Å². The molecule has 2 aliphatic carbocycles. The van der Waals surface area contributed by atoms with E-state index in [0.29, 0.717) is 24.4 Å². The zero-order valence-electron chi connectivity index (χ0n) is 13.3. The average molecular weight is 283 g/mol. The zero-order chi connectivity index (χ0) is 14.8. The van der Waals surface area contributed by atoms with Gasteiger partial charge in [0.25, 0.3) is 0 Å². The number of hydrogen-bond acceptors (Lipinski definition) is 4. The predicted molar refractivity (Wildman–Crippen MR) is 78.4 cm³/mol. The lowest BCUT2D eigenvalue weighted by atomic mass is 9.81. The minimum atomic E-state index is -0.640. The van der Waals surface area contributed by atoms with Gasteiger partial charge in [-0.05, 0) is 56.9 Å². The first-order valence-electron chi connectivity index (χ1n) is 7.90. The first-order valence-corrected chi connectivity index (χ1v) is 7.90. The highest BCUT2D eigenvalue weighted by molar-refractivity contribution is 5.82. The quantitative estimate of drug-likeness (QED) is 0.760. The van der Waals surface area contributed by atoms with E-state index in [1.54, 1.807) is 0 Å². The second-order valence-corrected chi connectivity index (χ2v) is 6.84. The van der Waals surface area contributed by atoms with Crippen LogP contribution in [-0.4, -0.2) is 38.4 Å². The van der Waals surface area contributed by atoms with Crippen molar-refractivity contribution in [1.82, 2.24) is 5.32 Å². The maximum Gasteiger partial charge on any atom is 0.328 e. The molecule has 2 fully saturated rings. The third-order valence-electron chi connectivity index (χ3n) is 4.95. The summed E-state index contributed by atoms with van der Waals surface area (Å²) in [6.07, 6.45) is 5.95. The number of rotatable bonds is 6. The van der Waals surface area contributed by atoms with Crippen LogP contribution in [0.25, 0.3) is 0 Å². The van der Waals surface area contributed by atoms with E-state index in [2.05, 4.69) is 19.2 Å². The first-order chi connectivity index (χ1) is 9.51. The summed E-state index contributed by atoms with van der Waals surface area (Å²) in [6.45, 7) is 5.02. The van der Waals surface area contributed by atoms with Gasteiger partial charge < -0.3 is 14.8 Å². The largest absolute Gasteiger partial charge is 0.468 e. The van der Waals surface area contributed by atoms with Gasteiger partial charge in [0.1, 0.15) is 5.54 Å². The van der Waals surface area contributed by atoms with Gasteiger partial charge in [0.05, 0.1) is 19.8 Å². The van der Waals surface area contributed by atoms with Crippen LogP contribution in [0.5, 0.6) is 0 Å². The van der Waals surface area contributed by atoms with Gasteiger partial charge in [-0.25, -0.2) is 4.79 Å². The third kappa shape index (κ3) is 3.34. The molecule has 0 aliphatic heterocycles. The minimum absolute atomic E-state index is 0.181. The van der Waals surface area contributed by atoms with Crippen LogP contribution in [0.4, 0.5) is 0 Å². The molecule has 0 aromatic heterocycles. The highest BCUT2D eigenvalue weighted by Gasteiger charge is 2.51. The van der Waals surface area contributed by atoms with Crippen LogP contribution < -0.4 is 5.32 Å². The van der Waals surface area contributed by atoms with Crippen molar-refractivity contribution in [1.29, 1.82) is 0 Å². The molecule has 4 heteroatoms. The summed E-state index contributed by atoms with van der Waals surface area (Å²) in [5.74, 6) is 1.61. The van der Waals surface area contributed by atoms with Gasteiger partial charge in [-0.3, -0.25) is 0 Å². The van der Waals surface area contributed by atoms with Crippen molar-refractivity contribution in [2.75, 3.05) is 20.8 Å². The highest BCUT2D eigenvalue weighted by Crippen LogP contribution is 2.41. The molecule has 116 valence electrons. The Balaban J connectivity index is 1.96. The minimum Gasteiger partial charge on any atom is -0.468 e. The fraction of sp³-hybridized carbons (Fsp3) is 0.938. The Morgan fingerprint density at radius 2 is 1.80 bits per heavy atom. The molecule has 0 spiro atoms. The van der Waals surface area contributed by atoms with Crippen molar-refractivity contribution in [3.05, 3.63) is 0 Å². The molecule has 4 nitrogen and oxygen atoms in total. The Morgan fingerprint density at radius 3 is 2.25 bits per heavy atom. The van der Waals surface area contributed by atoms with Gasteiger partial charge in [0, 0.05) is 0 Å². The summed E-state index contributed by atoms with van der Waals surface area (Å²) in [4.78, 5) is 12.2. The molecular formula is C16H29NO3. The highest BCUT2D eigenvalue weighted by atomic mass is 16.5. The molecule has 3 unspecified atom stereocenters. The van der Waals surface area contributed by atoms with Gasteiger partial charge in [-0.15, -0.1) is 0 Å². The number of hydrogen-bond donors (Lipinski definition) is 1. The molecule has 1 N–H and O–H groups in total. The summed E-state index contributed by atoms with van der Waals surface area (Å²) in [6, 6.07) is 0. The molecule has 2 rings (SSSR count). The zero-order valence-corrected chi connectivity index (χ0v) is 13.3. The Morgan fingerprint density at radius 1 is 1.20 bits per heavy atom. The predicted octanol–water partition coefficient (Wildman–Crippen LogP) is 2.37. The van der Waals surface area contributed by atoms with Crippen LogP contribution in [-0.2, 0) is 14.3 Å². The molecule has 0 aromatic rings. The van der Waals surface area contributed by atoms with Crippen LogP contribution in [0.15, 0.2) is 0 Å².